The van der Waals surface area contributed by atoms with Crippen LogP contribution in [0.5, 0.6) is 0 Å². The summed E-state index contributed by atoms with van der Waals surface area (Å²) in [5.74, 6) is 3.65. The molecule has 2 atom stereocenters. The summed E-state index contributed by atoms with van der Waals surface area (Å²) in [6, 6.07) is 0.143. The second kappa shape index (κ2) is 6.20. The van der Waals surface area contributed by atoms with Gasteiger partial charge in [0.1, 0.15) is 5.82 Å². The summed E-state index contributed by atoms with van der Waals surface area (Å²) in [5.41, 5.74) is 0. The Labute approximate surface area is 131 Å². The molecule has 0 fully saturated rings. The number of aryl methyl sites for hydroxylation is 1. The Balaban J connectivity index is 1.60. The van der Waals surface area contributed by atoms with Gasteiger partial charge in [0.05, 0.1) is 6.04 Å². The summed E-state index contributed by atoms with van der Waals surface area (Å²) in [4.78, 5) is 11.2. The van der Waals surface area contributed by atoms with Crippen LogP contribution in [0.1, 0.15) is 56.7 Å². The summed E-state index contributed by atoms with van der Waals surface area (Å²) >= 11 is 0. The van der Waals surface area contributed by atoms with Crippen molar-refractivity contribution in [2.24, 2.45) is 5.92 Å². The zero-order valence-electron chi connectivity index (χ0n) is 13.9. The van der Waals surface area contributed by atoms with Crippen molar-refractivity contribution < 1.29 is 4.52 Å². The first-order valence-electron chi connectivity index (χ1n) is 8.08. The fourth-order valence-electron chi connectivity index (χ4n) is 2.99. The van der Waals surface area contributed by atoms with Gasteiger partial charge in [-0.05, 0) is 26.3 Å². The Morgan fingerprint density at radius 1 is 1.41 bits per heavy atom. The van der Waals surface area contributed by atoms with Crippen LogP contribution >= 0.6 is 0 Å². The van der Waals surface area contributed by atoms with E-state index in [-0.39, 0.29) is 6.04 Å². The quantitative estimate of drug-likeness (QED) is 0.850. The van der Waals surface area contributed by atoms with Gasteiger partial charge in [-0.15, -0.1) is 0 Å². The largest absolute Gasteiger partial charge is 0.338 e. The maximum absolute atomic E-state index is 5.42. The van der Waals surface area contributed by atoms with E-state index in [0.717, 1.165) is 25.3 Å². The molecule has 0 radical (unpaired) electrons. The van der Waals surface area contributed by atoms with Gasteiger partial charge in [0, 0.05) is 37.8 Å². The van der Waals surface area contributed by atoms with Gasteiger partial charge in [-0.2, -0.15) is 4.98 Å². The first-order valence-corrected chi connectivity index (χ1v) is 8.08. The van der Waals surface area contributed by atoms with Crippen LogP contribution in [0.15, 0.2) is 16.9 Å². The predicted octanol–water partition coefficient (Wildman–Crippen LogP) is 2.64. The monoisotopic (exact) mass is 303 g/mol. The third-order valence-electron chi connectivity index (χ3n) is 4.57. The molecule has 1 aliphatic rings. The van der Waals surface area contributed by atoms with Gasteiger partial charge in [-0.3, -0.25) is 4.90 Å². The molecular weight excluding hydrogens is 278 g/mol. The molecule has 0 saturated heterocycles. The fraction of sp³-hybridized carbons (Fsp3) is 0.688. The number of rotatable bonds is 5. The molecule has 3 heterocycles. The molecule has 0 N–H and O–H groups in total. The Hall–Kier alpha value is -1.69. The Kier molecular flexibility index (Phi) is 4.29. The van der Waals surface area contributed by atoms with Gasteiger partial charge in [0.15, 0.2) is 5.82 Å². The smallest absolute Gasteiger partial charge is 0.243 e. The average Bonchev–Trinajstić information content (AvgIpc) is 3.15. The third kappa shape index (κ3) is 3.06. The van der Waals surface area contributed by atoms with E-state index in [1.54, 1.807) is 0 Å². The van der Waals surface area contributed by atoms with Crippen LogP contribution in [-0.2, 0) is 13.0 Å². The lowest BCUT2D eigenvalue weighted by atomic mass is 9.98. The maximum Gasteiger partial charge on any atom is 0.243 e. The molecular formula is C16H25N5O. The van der Waals surface area contributed by atoms with Crippen LogP contribution in [0.2, 0.25) is 0 Å². The molecule has 120 valence electrons. The molecule has 0 bridgehead atoms. The number of fused-ring (bicyclic) bond motifs is 1. The molecule has 2 aromatic rings. The van der Waals surface area contributed by atoms with E-state index >= 15 is 0 Å². The number of aromatic nitrogens is 4. The standard InChI is InChI=1S/C16H25N5O/c1-11(2)15-18-16(22-19-15)12(3)20(4)9-13-5-6-14-17-7-8-21(14)10-13/h7-8,11-13H,5-6,9-10H2,1-4H3. The van der Waals surface area contributed by atoms with Gasteiger partial charge in [0.2, 0.25) is 5.89 Å². The SMILES string of the molecule is CC(C)c1noc(C(C)N(C)CC2CCc3nccn3C2)n1. The molecule has 0 aliphatic carbocycles. The highest BCUT2D eigenvalue weighted by Gasteiger charge is 2.25. The topological polar surface area (TPSA) is 60.0 Å². The van der Waals surface area contributed by atoms with E-state index in [2.05, 4.69) is 58.6 Å². The molecule has 1 aliphatic heterocycles. The lowest BCUT2D eigenvalue weighted by molar-refractivity contribution is 0.165. The minimum atomic E-state index is 0.143. The average molecular weight is 303 g/mol. The van der Waals surface area contributed by atoms with Crippen molar-refractivity contribution in [3.63, 3.8) is 0 Å². The summed E-state index contributed by atoms with van der Waals surface area (Å²) in [7, 11) is 2.13. The zero-order valence-corrected chi connectivity index (χ0v) is 13.9. The van der Waals surface area contributed by atoms with Gasteiger partial charge in [-0.1, -0.05) is 19.0 Å². The zero-order chi connectivity index (χ0) is 15.7. The van der Waals surface area contributed by atoms with Crippen molar-refractivity contribution in [1.29, 1.82) is 0 Å². The first kappa shape index (κ1) is 15.2. The van der Waals surface area contributed by atoms with Crippen LogP contribution < -0.4 is 0 Å². The lowest BCUT2D eigenvalue weighted by Gasteiger charge is -2.30. The van der Waals surface area contributed by atoms with Crippen molar-refractivity contribution >= 4 is 0 Å². The van der Waals surface area contributed by atoms with E-state index < -0.39 is 0 Å². The molecule has 0 spiro atoms. The number of imidazole rings is 1. The molecule has 6 heteroatoms. The maximum atomic E-state index is 5.42. The van der Waals surface area contributed by atoms with E-state index in [0.29, 0.717) is 17.7 Å². The number of hydrogen-bond acceptors (Lipinski definition) is 5. The first-order chi connectivity index (χ1) is 10.5. The lowest BCUT2D eigenvalue weighted by Crippen LogP contribution is -2.33. The molecule has 2 aromatic heterocycles. The highest BCUT2D eigenvalue weighted by Crippen LogP contribution is 2.24. The van der Waals surface area contributed by atoms with Crippen LogP contribution in [0.25, 0.3) is 0 Å². The molecule has 0 aromatic carbocycles. The van der Waals surface area contributed by atoms with E-state index in [1.165, 1.54) is 12.2 Å². The molecule has 2 unspecified atom stereocenters. The molecule has 6 nitrogen and oxygen atoms in total. The Bertz CT molecular complexity index is 618. The number of nitrogens with zero attached hydrogens (tertiary/aromatic N) is 5. The van der Waals surface area contributed by atoms with E-state index in [4.69, 9.17) is 4.52 Å². The fourth-order valence-corrected chi connectivity index (χ4v) is 2.99. The van der Waals surface area contributed by atoms with Gasteiger partial charge >= 0.3 is 0 Å². The van der Waals surface area contributed by atoms with Crippen molar-refractivity contribution in [3.8, 4) is 0 Å². The minimum absolute atomic E-state index is 0.143. The van der Waals surface area contributed by atoms with Crippen molar-refractivity contribution in [3.05, 3.63) is 29.9 Å². The molecule has 0 saturated carbocycles. The highest BCUT2D eigenvalue weighted by atomic mass is 16.5. The second-order valence-corrected chi connectivity index (χ2v) is 6.66. The summed E-state index contributed by atoms with van der Waals surface area (Å²) in [6.07, 6.45) is 6.24. The van der Waals surface area contributed by atoms with E-state index in [1.807, 2.05) is 6.20 Å². The second-order valence-electron chi connectivity index (χ2n) is 6.66. The summed E-state index contributed by atoms with van der Waals surface area (Å²) in [5, 5.41) is 4.06. The van der Waals surface area contributed by atoms with Gasteiger partial charge in [-0.25, -0.2) is 4.98 Å². The van der Waals surface area contributed by atoms with Gasteiger partial charge < -0.3 is 9.09 Å². The normalized spacial score (nSPS) is 19.6. The molecule has 3 rings (SSSR count). The third-order valence-corrected chi connectivity index (χ3v) is 4.57. The Morgan fingerprint density at radius 3 is 2.95 bits per heavy atom. The highest BCUT2D eigenvalue weighted by molar-refractivity contribution is 4.98. The van der Waals surface area contributed by atoms with Crippen molar-refractivity contribution in [1.82, 2.24) is 24.6 Å². The molecule has 0 amide bonds. The van der Waals surface area contributed by atoms with Gasteiger partial charge in [0.25, 0.3) is 0 Å². The summed E-state index contributed by atoms with van der Waals surface area (Å²) < 4.78 is 7.70. The number of hydrogen-bond donors (Lipinski definition) is 0. The van der Waals surface area contributed by atoms with Crippen LogP contribution in [0, 0.1) is 5.92 Å². The molecule has 22 heavy (non-hydrogen) atoms. The predicted molar refractivity (Wildman–Crippen MR) is 83.5 cm³/mol. The van der Waals surface area contributed by atoms with Crippen molar-refractivity contribution in [2.45, 2.75) is 52.1 Å². The van der Waals surface area contributed by atoms with Crippen LogP contribution in [0.4, 0.5) is 0 Å². The minimum Gasteiger partial charge on any atom is -0.338 e. The Morgan fingerprint density at radius 2 is 2.23 bits per heavy atom. The van der Waals surface area contributed by atoms with Crippen LogP contribution in [-0.4, -0.2) is 38.2 Å². The van der Waals surface area contributed by atoms with Crippen molar-refractivity contribution in [2.75, 3.05) is 13.6 Å². The summed E-state index contributed by atoms with van der Waals surface area (Å²) in [6.45, 7) is 8.36. The van der Waals surface area contributed by atoms with Crippen LogP contribution in [0.3, 0.4) is 0 Å². The van der Waals surface area contributed by atoms with E-state index in [9.17, 15) is 0 Å².